The lowest BCUT2D eigenvalue weighted by atomic mass is 10.2. The van der Waals surface area contributed by atoms with E-state index in [1.54, 1.807) is 42.7 Å². The molecule has 0 spiro atoms. The van der Waals surface area contributed by atoms with Gasteiger partial charge in [-0.1, -0.05) is 12.1 Å². The van der Waals surface area contributed by atoms with Crippen molar-refractivity contribution >= 4 is 10.0 Å². The molecule has 2 rings (SSSR count). The van der Waals surface area contributed by atoms with E-state index in [4.69, 9.17) is 9.52 Å². The van der Waals surface area contributed by atoms with Crippen LogP contribution in [0.4, 0.5) is 0 Å². The molecule has 2 aromatic rings. The van der Waals surface area contributed by atoms with Crippen LogP contribution in [-0.2, 0) is 22.9 Å². The largest absolute Gasteiger partial charge is 0.469 e. The smallest absolute Gasteiger partial charge is 0.240 e. The lowest BCUT2D eigenvalue weighted by molar-refractivity contribution is 0.299. The Labute approximate surface area is 118 Å². The summed E-state index contributed by atoms with van der Waals surface area (Å²) >= 11 is 0. The van der Waals surface area contributed by atoms with Crippen molar-refractivity contribution in [1.29, 1.82) is 0 Å². The Hall–Kier alpha value is -1.63. The monoisotopic (exact) mass is 295 g/mol. The van der Waals surface area contributed by atoms with Gasteiger partial charge in [0.05, 0.1) is 11.2 Å². The Kier molecular flexibility index (Phi) is 4.94. The van der Waals surface area contributed by atoms with Crippen molar-refractivity contribution in [3.8, 4) is 0 Å². The van der Waals surface area contributed by atoms with Gasteiger partial charge in [0.2, 0.25) is 10.0 Å². The second-order valence-electron chi connectivity index (χ2n) is 4.34. The van der Waals surface area contributed by atoms with Crippen LogP contribution < -0.4 is 4.72 Å². The van der Waals surface area contributed by atoms with Crippen molar-refractivity contribution in [2.75, 3.05) is 13.2 Å². The van der Waals surface area contributed by atoms with Crippen molar-refractivity contribution in [1.82, 2.24) is 4.72 Å². The summed E-state index contributed by atoms with van der Waals surface area (Å²) in [6.07, 6.45) is 2.59. The van der Waals surface area contributed by atoms with Gasteiger partial charge in [-0.15, -0.1) is 0 Å². The van der Waals surface area contributed by atoms with Crippen molar-refractivity contribution in [3.05, 3.63) is 54.0 Å². The predicted molar refractivity (Wildman–Crippen MR) is 74.8 cm³/mol. The Balaban J connectivity index is 1.95. The maximum atomic E-state index is 12.0. The Morgan fingerprint density at radius 2 is 1.85 bits per heavy atom. The molecular formula is C14H17NO4S. The first-order valence-corrected chi connectivity index (χ1v) is 7.82. The summed E-state index contributed by atoms with van der Waals surface area (Å²) in [5.41, 5.74) is 0.905. The van der Waals surface area contributed by atoms with E-state index < -0.39 is 10.0 Å². The fourth-order valence-corrected chi connectivity index (χ4v) is 2.84. The number of furan rings is 1. The van der Waals surface area contributed by atoms with Gasteiger partial charge < -0.3 is 9.52 Å². The van der Waals surface area contributed by atoms with Gasteiger partial charge in [-0.05, 0) is 36.2 Å². The van der Waals surface area contributed by atoms with E-state index in [-0.39, 0.29) is 18.0 Å². The molecular weight excluding hydrogens is 278 g/mol. The third-order valence-corrected chi connectivity index (χ3v) is 4.35. The van der Waals surface area contributed by atoms with Crippen LogP contribution in [0.5, 0.6) is 0 Å². The molecule has 0 fully saturated rings. The standard InChI is InChI=1S/C14H17NO4S/c16-10-8-12-3-5-14(6-4-12)20(17,18)15-9-7-13-2-1-11-19-13/h1-6,11,15-16H,7-10H2. The first-order valence-electron chi connectivity index (χ1n) is 6.34. The van der Waals surface area contributed by atoms with Crippen LogP contribution in [0.15, 0.2) is 52.0 Å². The van der Waals surface area contributed by atoms with Gasteiger partial charge in [-0.3, -0.25) is 0 Å². The number of hydrogen-bond donors (Lipinski definition) is 2. The minimum absolute atomic E-state index is 0.0491. The fourth-order valence-electron chi connectivity index (χ4n) is 1.81. The molecule has 1 aromatic carbocycles. The molecule has 0 amide bonds. The van der Waals surface area contributed by atoms with E-state index in [1.165, 1.54) is 0 Å². The molecule has 1 aromatic heterocycles. The summed E-state index contributed by atoms with van der Waals surface area (Å²) < 4.78 is 31.7. The third-order valence-electron chi connectivity index (χ3n) is 2.88. The van der Waals surface area contributed by atoms with Crippen LogP contribution in [0.25, 0.3) is 0 Å². The highest BCUT2D eigenvalue weighted by molar-refractivity contribution is 7.89. The maximum Gasteiger partial charge on any atom is 0.240 e. The third kappa shape index (κ3) is 3.93. The number of hydrogen-bond acceptors (Lipinski definition) is 4. The molecule has 6 heteroatoms. The number of nitrogens with one attached hydrogen (secondary N) is 1. The molecule has 20 heavy (non-hydrogen) atoms. The highest BCUT2D eigenvalue weighted by Gasteiger charge is 2.13. The van der Waals surface area contributed by atoms with Gasteiger partial charge in [0.1, 0.15) is 5.76 Å². The number of sulfonamides is 1. The van der Waals surface area contributed by atoms with E-state index >= 15 is 0 Å². The second kappa shape index (κ2) is 6.69. The normalized spacial score (nSPS) is 11.7. The van der Waals surface area contributed by atoms with Crippen LogP contribution in [0.2, 0.25) is 0 Å². The SMILES string of the molecule is O=S(=O)(NCCc1ccco1)c1ccc(CCO)cc1. The van der Waals surface area contributed by atoms with Crippen molar-refractivity contribution in [3.63, 3.8) is 0 Å². The molecule has 2 N–H and O–H groups in total. The van der Waals surface area contributed by atoms with Gasteiger partial charge in [-0.2, -0.15) is 0 Å². The van der Waals surface area contributed by atoms with Crippen molar-refractivity contribution in [2.24, 2.45) is 0 Å². The molecule has 0 saturated heterocycles. The molecule has 0 bridgehead atoms. The van der Waals surface area contributed by atoms with Crippen molar-refractivity contribution in [2.45, 2.75) is 17.7 Å². The van der Waals surface area contributed by atoms with Crippen LogP contribution in [0.1, 0.15) is 11.3 Å². The van der Waals surface area contributed by atoms with E-state index in [0.29, 0.717) is 12.8 Å². The molecule has 0 saturated carbocycles. The first-order chi connectivity index (χ1) is 9.62. The average molecular weight is 295 g/mol. The van der Waals surface area contributed by atoms with E-state index in [2.05, 4.69) is 4.72 Å². The van der Waals surface area contributed by atoms with Gasteiger partial charge in [-0.25, -0.2) is 13.1 Å². The van der Waals surface area contributed by atoms with E-state index in [1.807, 2.05) is 0 Å². The van der Waals surface area contributed by atoms with Gasteiger partial charge in [0, 0.05) is 19.6 Å². The zero-order valence-corrected chi connectivity index (χ0v) is 11.8. The molecule has 0 aliphatic carbocycles. The lowest BCUT2D eigenvalue weighted by Crippen LogP contribution is -2.25. The molecule has 5 nitrogen and oxygen atoms in total. The molecule has 0 aliphatic heterocycles. The first kappa shape index (κ1) is 14.8. The maximum absolute atomic E-state index is 12.0. The molecule has 0 aliphatic rings. The van der Waals surface area contributed by atoms with Crippen LogP contribution >= 0.6 is 0 Å². The lowest BCUT2D eigenvalue weighted by Gasteiger charge is -2.06. The van der Waals surface area contributed by atoms with E-state index in [0.717, 1.165) is 11.3 Å². The summed E-state index contributed by atoms with van der Waals surface area (Å²) in [6, 6.07) is 10.1. The average Bonchev–Trinajstić information content (AvgIpc) is 2.93. The summed E-state index contributed by atoms with van der Waals surface area (Å²) in [6.45, 7) is 0.335. The Morgan fingerprint density at radius 1 is 1.10 bits per heavy atom. The summed E-state index contributed by atoms with van der Waals surface area (Å²) in [5, 5.41) is 8.82. The molecule has 0 atom stereocenters. The highest BCUT2D eigenvalue weighted by Crippen LogP contribution is 2.11. The van der Waals surface area contributed by atoms with Crippen LogP contribution in [0, 0.1) is 0 Å². The molecule has 0 unspecified atom stereocenters. The molecule has 108 valence electrons. The number of benzene rings is 1. The zero-order valence-electron chi connectivity index (χ0n) is 11.0. The number of rotatable bonds is 7. The molecule has 1 heterocycles. The quantitative estimate of drug-likeness (QED) is 0.808. The van der Waals surface area contributed by atoms with Crippen molar-refractivity contribution < 1.29 is 17.9 Å². The second-order valence-corrected chi connectivity index (χ2v) is 6.11. The Morgan fingerprint density at radius 3 is 2.45 bits per heavy atom. The minimum atomic E-state index is -3.50. The Bertz CT molecular complexity index is 618. The minimum Gasteiger partial charge on any atom is -0.469 e. The molecule has 0 radical (unpaired) electrons. The van der Waals surface area contributed by atoms with Crippen LogP contribution in [-0.4, -0.2) is 26.7 Å². The highest BCUT2D eigenvalue weighted by atomic mass is 32.2. The number of aliphatic hydroxyl groups excluding tert-OH is 1. The van der Waals surface area contributed by atoms with Crippen LogP contribution in [0.3, 0.4) is 0 Å². The predicted octanol–water partition coefficient (Wildman–Crippen LogP) is 1.34. The number of aliphatic hydroxyl groups is 1. The summed E-state index contributed by atoms with van der Waals surface area (Å²) in [5.74, 6) is 0.742. The fraction of sp³-hybridized carbons (Fsp3) is 0.286. The zero-order chi connectivity index (χ0) is 14.4. The van der Waals surface area contributed by atoms with Gasteiger partial charge >= 0.3 is 0 Å². The topological polar surface area (TPSA) is 79.5 Å². The summed E-state index contributed by atoms with van der Waals surface area (Å²) in [4.78, 5) is 0.221. The summed E-state index contributed by atoms with van der Waals surface area (Å²) in [7, 11) is -3.50. The van der Waals surface area contributed by atoms with Gasteiger partial charge in [0.25, 0.3) is 0 Å². The van der Waals surface area contributed by atoms with Gasteiger partial charge in [0.15, 0.2) is 0 Å². The van der Waals surface area contributed by atoms with E-state index in [9.17, 15) is 8.42 Å².